The maximum Gasteiger partial charge on any atom is 0.306 e. The first-order valence-electron chi connectivity index (χ1n) is 7.31. The number of halogens is 1. The number of carbonyl (C=O) groups excluding carboxylic acids is 2. The third kappa shape index (κ3) is 6.84. The van der Waals surface area contributed by atoms with Crippen molar-refractivity contribution in [3.8, 4) is 0 Å². The molecule has 0 saturated carbocycles. The summed E-state index contributed by atoms with van der Waals surface area (Å²) in [7, 11) is 0. The summed E-state index contributed by atoms with van der Waals surface area (Å²) in [4.78, 5) is 23.2. The molecule has 1 heterocycles. The molecule has 0 unspecified atom stereocenters. The van der Waals surface area contributed by atoms with Crippen LogP contribution in [-0.4, -0.2) is 25.0 Å². The lowest BCUT2D eigenvalue weighted by Gasteiger charge is -2.07. The summed E-state index contributed by atoms with van der Waals surface area (Å²) < 4.78 is 4.96. The van der Waals surface area contributed by atoms with E-state index >= 15 is 0 Å². The predicted octanol–water partition coefficient (Wildman–Crippen LogP) is 3.24. The molecule has 1 aromatic carbocycles. The average molecular weight is 352 g/mol. The minimum Gasteiger partial charge on any atom is -0.456 e. The zero-order valence-corrected chi connectivity index (χ0v) is 14.2. The van der Waals surface area contributed by atoms with E-state index in [2.05, 4.69) is 5.32 Å². The average Bonchev–Trinajstić information content (AvgIpc) is 3.04. The Hall–Kier alpha value is -1.85. The Bertz CT molecular complexity index is 643. The van der Waals surface area contributed by atoms with Crippen molar-refractivity contribution in [1.29, 1.82) is 0 Å². The Labute approximate surface area is 144 Å². The maximum absolute atomic E-state index is 11.6. The van der Waals surface area contributed by atoms with Crippen LogP contribution in [-0.2, 0) is 27.2 Å². The predicted molar refractivity (Wildman–Crippen MR) is 91.8 cm³/mol. The highest BCUT2D eigenvalue weighted by Gasteiger charge is 2.08. The van der Waals surface area contributed by atoms with E-state index < -0.39 is 0 Å². The second kappa shape index (κ2) is 9.33. The van der Waals surface area contributed by atoms with Crippen LogP contribution in [0, 0.1) is 0 Å². The van der Waals surface area contributed by atoms with Gasteiger partial charge in [0.05, 0.1) is 0 Å². The minimum atomic E-state index is -0.360. The summed E-state index contributed by atoms with van der Waals surface area (Å²) in [5.41, 5.74) is 2.16. The SMILES string of the molecule is O=C(COC(=O)CCc1ccsc1)NCCc1cccc(Cl)c1. The molecule has 2 rings (SSSR count). The molecule has 0 aliphatic heterocycles. The van der Waals surface area contributed by atoms with Gasteiger partial charge in [0.2, 0.25) is 0 Å². The summed E-state index contributed by atoms with van der Waals surface area (Å²) in [6, 6.07) is 9.45. The van der Waals surface area contributed by atoms with Gasteiger partial charge in [-0.15, -0.1) is 0 Å². The molecule has 0 bridgehead atoms. The zero-order chi connectivity index (χ0) is 16.5. The first-order valence-corrected chi connectivity index (χ1v) is 8.63. The molecule has 0 fully saturated rings. The van der Waals surface area contributed by atoms with Crippen molar-refractivity contribution in [3.63, 3.8) is 0 Å². The molecule has 0 saturated heterocycles. The fraction of sp³-hybridized carbons (Fsp3) is 0.294. The number of thiophene rings is 1. The number of hydrogen-bond donors (Lipinski definition) is 1. The molecule has 1 aromatic heterocycles. The van der Waals surface area contributed by atoms with Gasteiger partial charge in [-0.2, -0.15) is 11.3 Å². The molecule has 4 nitrogen and oxygen atoms in total. The number of rotatable bonds is 8. The van der Waals surface area contributed by atoms with E-state index in [0.717, 1.165) is 11.1 Å². The van der Waals surface area contributed by atoms with E-state index in [4.69, 9.17) is 16.3 Å². The smallest absolute Gasteiger partial charge is 0.306 e. The van der Waals surface area contributed by atoms with E-state index in [1.54, 1.807) is 17.4 Å². The minimum absolute atomic E-state index is 0.238. The Balaban J connectivity index is 1.58. The highest BCUT2D eigenvalue weighted by Crippen LogP contribution is 2.10. The number of ether oxygens (including phenoxy) is 1. The van der Waals surface area contributed by atoms with Gasteiger partial charge in [-0.1, -0.05) is 23.7 Å². The van der Waals surface area contributed by atoms with Crippen LogP contribution in [0.2, 0.25) is 5.02 Å². The Morgan fingerprint density at radius 1 is 1.17 bits per heavy atom. The Morgan fingerprint density at radius 2 is 2.04 bits per heavy atom. The number of aryl methyl sites for hydroxylation is 1. The third-order valence-corrected chi connectivity index (χ3v) is 4.15. The van der Waals surface area contributed by atoms with E-state index in [9.17, 15) is 9.59 Å². The fourth-order valence-corrected chi connectivity index (χ4v) is 2.91. The lowest BCUT2D eigenvalue weighted by atomic mass is 10.1. The van der Waals surface area contributed by atoms with Crippen LogP contribution in [0.3, 0.4) is 0 Å². The van der Waals surface area contributed by atoms with Crippen molar-refractivity contribution in [1.82, 2.24) is 5.32 Å². The third-order valence-electron chi connectivity index (χ3n) is 3.19. The van der Waals surface area contributed by atoms with Crippen LogP contribution in [0.15, 0.2) is 41.1 Å². The standard InChI is InChI=1S/C17H18ClNO3S/c18-15-3-1-2-13(10-15)6-8-19-16(20)11-22-17(21)5-4-14-7-9-23-12-14/h1-3,7,9-10,12H,4-6,8,11H2,(H,19,20). The number of nitrogens with one attached hydrogen (secondary N) is 1. The topological polar surface area (TPSA) is 55.4 Å². The zero-order valence-electron chi connectivity index (χ0n) is 12.6. The van der Waals surface area contributed by atoms with Gasteiger partial charge in [0.1, 0.15) is 0 Å². The number of benzene rings is 1. The van der Waals surface area contributed by atoms with Gasteiger partial charge in [0.25, 0.3) is 5.91 Å². The highest BCUT2D eigenvalue weighted by molar-refractivity contribution is 7.07. The lowest BCUT2D eigenvalue weighted by Crippen LogP contribution is -2.30. The second-order valence-corrected chi connectivity index (χ2v) is 6.24. The molecule has 0 spiro atoms. The molecule has 0 radical (unpaired) electrons. The van der Waals surface area contributed by atoms with E-state index in [1.165, 1.54) is 0 Å². The molecule has 23 heavy (non-hydrogen) atoms. The molecule has 122 valence electrons. The van der Waals surface area contributed by atoms with Gasteiger partial charge in [0.15, 0.2) is 6.61 Å². The summed E-state index contributed by atoms with van der Waals surface area (Å²) >= 11 is 7.49. The number of esters is 1. The Morgan fingerprint density at radius 3 is 2.78 bits per heavy atom. The quantitative estimate of drug-likeness (QED) is 0.743. The van der Waals surface area contributed by atoms with Crippen molar-refractivity contribution in [2.75, 3.05) is 13.2 Å². The van der Waals surface area contributed by atoms with Gasteiger partial charge in [-0.25, -0.2) is 0 Å². The van der Waals surface area contributed by atoms with Gasteiger partial charge in [0, 0.05) is 18.0 Å². The van der Waals surface area contributed by atoms with Crippen molar-refractivity contribution in [2.24, 2.45) is 0 Å². The molecule has 6 heteroatoms. The number of hydrogen-bond acceptors (Lipinski definition) is 4. The molecule has 1 N–H and O–H groups in total. The van der Waals surface area contributed by atoms with Gasteiger partial charge in [-0.05, 0) is 52.9 Å². The maximum atomic E-state index is 11.6. The van der Waals surface area contributed by atoms with Gasteiger partial charge >= 0.3 is 5.97 Å². The monoisotopic (exact) mass is 351 g/mol. The molecule has 0 aliphatic carbocycles. The molecule has 0 atom stereocenters. The second-order valence-electron chi connectivity index (χ2n) is 5.02. The number of amides is 1. The summed E-state index contributed by atoms with van der Waals surface area (Å²) in [6.45, 7) is 0.240. The first kappa shape index (κ1) is 17.5. The van der Waals surface area contributed by atoms with Crippen LogP contribution >= 0.6 is 22.9 Å². The normalized spacial score (nSPS) is 10.3. The van der Waals surface area contributed by atoms with Gasteiger partial charge in [-0.3, -0.25) is 9.59 Å². The van der Waals surface area contributed by atoms with E-state index in [1.807, 2.05) is 35.0 Å². The summed E-state index contributed by atoms with van der Waals surface area (Å²) in [5, 5.41) is 7.35. The van der Waals surface area contributed by atoms with Crippen molar-refractivity contribution in [2.45, 2.75) is 19.3 Å². The van der Waals surface area contributed by atoms with Crippen LogP contribution in [0.1, 0.15) is 17.5 Å². The van der Waals surface area contributed by atoms with Crippen LogP contribution in [0.4, 0.5) is 0 Å². The van der Waals surface area contributed by atoms with Crippen LogP contribution in [0.5, 0.6) is 0 Å². The highest BCUT2D eigenvalue weighted by atomic mass is 35.5. The van der Waals surface area contributed by atoms with E-state index in [0.29, 0.717) is 24.4 Å². The van der Waals surface area contributed by atoms with Crippen molar-refractivity contribution < 1.29 is 14.3 Å². The summed E-state index contributed by atoms with van der Waals surface area (Å²) in [6.07, 6.45) is 1.60. The molecular weight excluding hydrogens is 334 g/mol. The Kier molecular flexibility index (Phi) is 7.10. The molecule has 0 aliphatic rings. The number of carbonyl (C=O) groups is 2. The largest absolute Gasteiger partial charge is 0.456 e. The van der Waals surface area contributed by atoms with Crippen molar-refractivity contribution in [3.05, 3.63) is 57.2 Å². The van der Waals surface area contributed by atoms with Crippen LogP contribution < -0.4 is 5.32 Å². The molecule has 1 amide bonds. The first-order chi connectivity index (χ1) is 11.1. The fourth-order valence-electron chi connectivity index (χ4n) is 1.99. The molecule has 2 aromatic rings. The summed E-state index contributed by atoms with van der Waals surface area (Å²) in [5.74, 6) is -0.655. The van der Waals surface area contributed by atoms with E-state index in [-0.39, 0.29) is 24.9 Å². The molecular formula is C17H18ClNO3S. The van der Waals surface area contributed by atoms with Gasteiger partial charge < -0.3 is 10.1 Å². The van der Waals surface area contributed by atoms with Crippen molar-refractivity contribution >= 4 is 34.8 Å². The van der Waals surface area contributed by atoms with Crippen LogP contribution in [0.25, 0.3) is 0 Å². The lowest BCUT2D eigenvalue weighted by molar-refractivity contribution is -0.148.